The van der Waals surface area contributed by atoms with Crippen molar-refractivity contribution in [3.05, 3.63) is 24.3 Å². The van der Waals surface area contributed by atoms with Crippen molar-refractivity contribution in [3.63, 3.8) is 0 Å². The van der Waals surface area contributed by atoms with E-state index in [1.165, 1.54) is 5.57 Å². The molecule has 9 heavy (non-hydrogen) atoms. The maximum absolute atomic E-state index is 3.79. The highest BCUT2D eigenvalue weighted by molar-refractivity contribution is 9.09. The zero-order valence-electron chi connectivity index (χ0n) is 5.86. The van der Waals surface area contributed by atoms with Gasteiger partial charge in [0.25, 0.3) is 0 Å². The monoisotopic (exact) mass is 188 g/mol. The van der Waals surface area contributed by atoms with Gasteiger partial charge in [-0.25, -0.2) is 0 Å². The van der Waals surface area contributed by atoms with Crippen LogP contribution in [0.4, 0.5) is 0 Å². The van der Waals surface area contributed by atoms with Crippen molar-refractivity contribution < 1.29 is 0 Å². The fraction of sp³-hybridized carbons (Fsp3) is 0.500. The molecule has 0 rings (SSSR count). The Morgan fingerprint density at radius 2 is 2.22 bits per heavy atom. The number of hydrogen-bond donors (Lipinski definition) is 0. The molecule has 0 spiro atoms. The first-order chi connectivity index (χ1) is 4.27. The minimum Gasteiger partial charge on any atom is -0.0998 e. The van der Waals surface area contributed by atoms with Gasteiger partial charge in [0, 0.05) is 5.33 Å². The summed E-state index contributed by atoms with van der Waals surface area (Å²) in [5.74, 6) is 0. The molecule has 0 amide bonds. The second-order valence-electron chi connectivity index (χ2n) is 2.11. The van der Waals surface area contributed by atoms with E-state index in [4.69, 9.17) is 0 Å². The summed E-state index contributed by atoms with van der Waals surface area (Å²) in [6, 6.07) is 0. The summed E-state index contributed by atoms with van der Waals surface area (Å²) in [5, 5.41) is 1.06. The van der Waals surface area contributed by atoms with Crippen LogP contribution in [-0.4, -0.2) is 5.33 Å². The number of alkyl halides is 1. The van der Waals surface area contributed by atoms with Crippen LogP contribution in [-0.2, 0) is 0 Å². The van der Waals surface area contributed by atoms with Crippen LogP contribution in [0.3, 0.4) is 0 Å². The van der Waals surface area contributed by atoms with E-state index >= 15 is 0 Å². The van der Waals surface area contributed by atoms with E-state index in [1.807, 2.05) is 6.92 Å². The molecule has 0 saturated carbocycles. The molecule has 0 N–H and O–H groups in total. The number of allylic oxidation sites excluding steroid dienone is 3. The van der Waals surface area contributed by atoms with Gasteiger partial charge >= 0.3 is 0 Å². The van der Waals surface area contributed by atoms with Crippen LogP contribution in [0.15, 0.2) is 24.3 Å². The average molecular weight is 189 g/mol. The largest absolute Gasteiger partial charge is 0.0998 e. The van der Waals surface area contributed by atoms with Gasteiger partial charge in [0.05, 0.1) is 0 Å². The summed E-state index contributed by atoms with van der Waals surface area (Å²) in [6.45, 7) is 5.83. The summed E-state index contributed by atoms with van der Waals surface area (Å²) in [6.07, 6.45) is 6.47. The van der Waals surface area contributed by atoms with Crippen molar-refractivity contribution >= 4 is 15.9 Å². The normalized spacial score (nSPS) is 10.4. The molecule has 0 bridgehead atoms. The maximum atomic E-state index is 3.79. The predicted molar refractivity (Wildman–Crippen MR) is 47.0 cm³/mol. The maximum Gasteiger partial charge on any atom is 0.00659 e. The molecular weight excluding hydrogens is 176 g/mol. The van der Waals surface area contributed by atoms with Gasteiger partial charge in [0.2, 0.25) is 0 Å². The third kappa shape index (κ3) is 7.96. The quantitative estimate of drug-likeness (QED) is 0.470. The molecule has 0 atom stereocenters. The van der Waals surface area contributed by atoms with Crippen LogP contribution in [0.5, 0.6) is 0 Å². The first-order valence-corrected chi connectivity index (χ1v) is 4.25. The highest BCUT2D eigenvalue weighted by Crippen LogP contribution is 1.97. The Bertz CT molecular complexity index is 103. The van der Waals surface area contributed by atoms with Crippen molar-refractivity contribution in [1.29, 1.82) is 0 Å². The lowest BCUT2D eigenvalue weighted by atomic mass is 10.2. The van der Waals surface area contributed by atoms with Crippen molar-refractivity contribution in [2.75, 3.05) is 5.33 Å². The lowest BCUT2D eigenvalue weighted by Gasteiger charge is -1.87. The standard InChI is InChI=1S/C8H13Br/c1-8(2)6-4-3-5-7-9/h3-4H,1,5-7H2,2H3. The molecule has 52 valence electrons. The second kappa shape index (κ2) is 6.09. The van der Waals surface area contributed by atoms with Gasteiger partial charge in [-0.3, -0.25) is 0 Å². The van der Waals surface area contributed by atoms with Crippen LogP contribution in [0.2, 0.25) is 0 Å². The Balaban J connectivity index is 3.14. The van der Waals surface area contributed by atoms with Gasteiger partial charge in [0.1, 0.15) is 0 Å². The molecule has 0 aliphatic heterocycles. The number of hydrogen-bond acceptors (Lipinski definition) is 0. The van der Waals surface area contributed by atoms with Crippen LogP contribution in [0, 0.1) is 0 Å². The third-order valence-electron chi connectivity index (χ3n) is 0.909. The third-order valence-corrected chi connectivity index (χ3v) is 1.37. The molecular formula is C8H13Br. The minimum absolute atomic E-state index is 1.02. The summed E-state index contributed by atoms with van der Waals surface area (Å²) < 4.78 is 0. The van der Waals surface area contributed by atoms with Gasteiger partial charge in [-0.15, -0.1) is 0 Å². The van der Waals surface area contributed by atoms with Crippen LogP contribution in [0.25, 0.3) is 0 Å². The molecule has 0 aliphatic carbocycles. The van der Waals surface area contributed by atoms with Crippen LogP contribution >= 0.6 is 15.9 Å². The fourth-order valence-corrected chi connectivity index (χ4v) is 0.730. The molecule has 0 unspecified atom stereocenters. The highest BCUT2D eigenvalue weighted by Gasteiger charge is 1.77. The van der Waals surface area contributed by atoms with Crippen molar-refractivity contribution in [2.24, 2.45) is 0 Å². The van der Waals surface area contributed by atoms with E-state index in [2.05, 4.69) is 34.7 Å². The molecule has 0 nitrogen and oxygen atoms in total. The summed E-state index contributed by atoms with van der Waals surface area (Å²) in [4.78, 5) is 0. The predicted octanol–water partition coefficient (Wildman–Crippen LogP) is 3.29. The lowest BCUT2D eigenvalue weighted by molar-refractivity contribution is 1.18. The molecule has 0 saturated heterocycles. The van der Waals surface area contributed by atoms with Crippen molar-refractivity contribution in [3.8, 4) is 0 Å². The zero-order chi connectivity index (χ0) is 7.11. The Morgan fingerprint density at radius 1 is 1.56 bits per heavy atom. The molecule has 0 aromatic rings. The Morgan fingerprint density at radius 3 is 2.67 bits per heavy atom. The Hall–Kier alpha value is -0.0400. The van der Waals surface area contributed by atoms with Gasteiger partial charge in [0.15, 0.2) is 0 Å². The second-order valence-corrected chi connectivity index (χ2v) is 2.90. The summed E-state index contributed by atoms with van der Waals surface area (Å²) in [7, 11) is 0. The number of rotatable bonds is 4. The Kier molecular flexibility index (Phi) is 6.06. The van der Waals surface area contributed by atoms with E-state index in [1.54, 1.807) is 0 Å². The highest BCUT2D eigenvalue weighted by atomic mass is 79.9. The van der Waals surface area contributed by atoms with Gasteiger partial charge in [-0.1, -0.05) is 40.2 Å². The molecule has 0 aromatic carbocycles. The molecule has 0 aliphatic rings. The molecule has 0 fully saturated rings. The van der Waals surface area contributed by atoms with Gasteiger partial charge in [-0.05, 0) is 19.8 Å². The molecule has 0 heterocycles. The van der Waals surface area contributed by atoms with Crippen LogP contribution < -0.4 is 0 Å². The van der Waals surface area contributed by atoms with Gasteiger partial charge in [-0.2, -0.15) is 0 Å². The van der Waals surface area contributed by atoms with Gasteiger partial charge < -0.3 is 0 Å². The topological polar surface area (TPSA) is 0 Å². The summed E-state index contributed by atoms with van der Waals surface area (Å²) in [5.41, 5.74) is 1.22. The van der Waals surface area contributed by atoms with E-state index in [0.717, 1.165) is 18.2 Å². The van der Waals surface area contributed by atoms with Crippen molar-refractivity contribution in [1.82, 2.24) is 0 Å². The molecule has 1 heteroatoms. The van der Waals surface area contributed by atoms with Crippen molar-refractivity contribution in [2.45, 2.75) is 19.8 Å². The average Bonchev–Trinajstić information content (AvgIpc) is 1.80. The van der Waals surface area contributed by atoms with E-state index in [9.17, 15) is 0 Å². The zero-order valence-corrected chi connectivity index (χ0v) is 7.45. The minimum atomic E-state index is 1.02. The lowest BCUT2D eigenvalue weighted by Crippen LogP contribution is -1.69. The van der Waals surface area contributed by atoms with E-state index in [-0.39, 0.29) is 0 Å². The number of halogens is 1. The molecule has 0 radical (unpaired) electrons. The fourth-order valence-electron chi connectivity index (χ4n) is 0.465. The first-order valence-electron chi connectivity index (χ1n) is 3.12. The smallest absolute Gasteiger partial charge is 0.00659 e. The molecule has 0 aromatic heterocycles. The summed E-state index contributed by atoms with van der Waals surface area (Å²) >= 11 is 3.34. The van der Waals surface area contributed by atoms with E-state index in [0.29, 0.717) is 0 Å². The van der Waals surface area contributed by atoms with Crippen LogP contribution in [0.1, 0.15) is 19.8 Å². The van der Waals surface area contributed by atoms with E-state index < -0.39 is 0 Å². The Labute approximate surface area is 65.8 Å². The SMILES string of the molecule is C=C(C)CC=CCCBr. The first kappa shape index (κ1) is 8.96.